The molecule has 2 nitrogen and oxygen atoms in total. The quantitative estimate of drug-likeness (QED) is 0.712. The molecule has 1 aromatic heterocycles. The third-order valence-electron chi connectivity index (χ3n) is 3.67. The van der Waals surface area contributed by atoms with E-state index in [1.54, 1.807) is 4.57 Å². The zero-order chi connectivity index (χ0) is 14.7. The lowest BCUT2D eigenvalue weighted by molar-refractivity contribution is 0.646. The number of aromatic nitrogens is 1. The maximum absolute atomic E-state index is 12.5. The Bertz CT molecular complexity index is 736. The van der Waals surface area contributed by atoms with E-state index in [0.29, 0.717) is 0 Å². The van der Waals surface area contributed by atoms with Gasteiger partial charge in [0.05, 0.1) is 6.04 Å². The third kappa shape index (κ3) is 2.65. The molecule has 0 unspecified atom stereocenters. The third-order valence-corrected chi connectivity index (χ3v) is 3.67. The van der Waals surface area contributed by atoms with Crippen LogP contribution >= 0.6 is 0 Å². The standard InChI is InChI=1S/C19H17NO/c1-15-9-8-14-20(19(15)21)18(16-10-4-2-5-11-16)17-12-6-3-7-13-17/h2-14,18H,1H3. The molecule has 0 amide bonds. The smallest absolute Gasteiger partial charge is 0.254 e. The van der Waals surface area contributed by atoms with Gasteiger partial charge in [0.2, 0.25) is 0 Å². The van der Waals surface area contributed by atoms with E-state index >= 15 is 0 Å². The van der Waals surface area contributed by atoms with Crippen LogP contribution in [0, 0.1) is 6.92 Å². The van der Waals surface area contributed by atoms with Crippen molar-refractivity contribution >= 4 is 0 Å². The highest BCUT2D eigenvalue weighted by Crippen LogP contribution is 2.25. The summed E-state index contributed by atoms with van der Waals surface area (Å²) >= 11 is 0. The lowest BCUT2D eigenvalue weighted by Gasteiger charge is -2.21. The predicted molar refractivity (Wildman–Crippen MR) is 85.6 cm³/mol. The van der Waals surface area contributed by atoms with Crippen molar-refractivity contribution in [3.05, 3.63) is 106 Å². The molecule has 0 fully saturated rings. The number of pyridine rings is 1. The van der Waals surface area contributed by atoms with Gasteiger partial charge in [0.1, 0.15) is 0 Å². The average molecular weight is 275 g/mol. The Morgan fingerprint density at radius 2 is 1.29 bits per heavy atom. The van der Waals surface area contributed by atoms with Crippen LogP contribution in [0.25, 0.3) is 0 Å². The van der Waals surface area contributed by atoms with Gasteiger partial charge in [0.25, 0.3) is 5.56 Å². The first-order chi connectivity index (χ1) is 10.3. The van der Waals surface area contributed by atoms with Gasteiger partial charge in [-0.15, -0.1) is 0 Å². The molecule has 0 aliphatic rings. The van der Waals surface area contributed by atoms with Crippen LogP contribution in [0.3, 0.4) is 0 Å². The SMILES string of the molecule is Cc1cccn(C(c2ccccc2)c2ccccc2)c1=O. The Kier molecular flexibility index (Phi) is 3.69. The second kappa shape index (κ2) is 5.80. The Hall–Kier alpha value is -2.61. The molecule has 1 heterocycles. The van der Waals surface area contributed by atoms with E-state index in [-0.39, 0.29) is 11.6 Å². The second-order valence-electron chi connectivity index (χ2n) is 5.13. The minimum absolute atomic E-state index is 0.0511. The first-order valence-electron chi connectivity index (χ1n) is 7.05. The molecule has 21 heavy (non-hydrogen) atoms. The molecule has 104 valence electrons. The molecule has 0 aliphatic heterocycles. The number of benzene rings is 2. The molecule has 0 radical (unpaired) electrons. The topological polar surface area (TPSA) is 22.0 Å². The zero-order valence-corrected chi connectivity index (χ0v) is 11.9. The van der Waals surface area contributed by atoms with Crippen molar-refractivity contribution in [2.24, 2.45) is 0 Å². The molecule has 0 saturated carbocycles. The van der Waals surface area contributed by atoms with Crippen molar-refractivity contribution in [1.29, 1.82) is 0 Å². The number of aryl methyl sites for hydroxylation is 1. The summed E-state index contributed by atoms with van der Waals surface area (Å²) in [6.07, 6.45) is 1.86. The molecule has 0 spiro atoms. The summed E-state index contributed by atoms with van der Waals surface area (Å²) in [6, 6.07) is 23.9. The molecule has 2 aromatic carbocycles. The lowest BCUT2D eigenvalue weighted by Crippen LogP contribution is -2.27. The molecule has 2 heteroatoms. The van der Waals surface area contributed by atoms with Gasteiger partial charge in [-0.3, -0.25) is 4.79 Å². The second-order valence-corrected chi connectivity index (χ2v) is 5.13. The zero-order valence-electron chi connectivity index (χ0n) is 11.9. The van der Waals surface area contributed by atoms with Crippen LogP contribution in [-0.2, 0) is 0 Å². The summed E-state index contributed by atoms with van der Waals surface area (Å²) in [5.74, 6) is 0. The molecule has 0 atom stereocenters. The normalized spacial score (nSPS) is 10.8. The first kappa shape index (κ1) is 13.4. The van der Waals surface area contributed by atoms with E-state index in [0.717, 1.165) is 16.7 Å². The van der Waals surface area contributed by atoms with Crippen LogP contribution in [-0.4, -0.2) is 4.57 Å². The van der Waals surface area contributed by atoms with Crippen molar-refractivity contribution in [1.82, 2.24) is 4.57 Å². The molecule has 0 N–H and O–H groups in total. The molecular formula is C19H17NO. The monoisotopic (exact) mass is 275 g/mol. The number of hydrogen-bond donors (Lipinski definition) is 0. The van der Waals surface area contributed by atoms with Gasteiger partial charge < -0.3 is 4.57 Å². The van der Waals surface area contributed by atoms with Crippen LogP contribution < -0.4 is 5.56 Å². The molecule has 0 bridgehead atoms. The fourth-order valence-electron chi connectivity index (χ4n) is 2.61. The Labute approximate surface area is 124 Å². The Morgan fingerprint density at radius 1 is 0.762 bits per heavy atom. The molecule has 3 rings (SSSR count). The van der Waals surface area contributed by atoms with Crippen molar-refractivity contribution in [2.45, 2.75) is 13.0 Å². The lowest BCUT2D eigenvalue weighted by atomic mass is 9.98. The molecule has 3 aromatic rings. The van der Waals surface area contributed by atoms with Gasteiger partial charge in [-0.2, -0.15) is 0 Å². The van der Waals surface area contributed by atoms with E-state index in [9.17, 15) is 4.79 Å². The summed E-state index contributed by atoms with van der Waals surface area (Å²) in [4.78, 5) is 12.5. The van der Waals surface area contributed by atoms with E-state index in [1.807, 2.05) is 61.7 Å². The van der Waals surface area contributed by atoms with Gasteiger partial charge in [-0.25, -0.2) is 0 Å². The van der Waals surface area contributed by atoms with Gasteiger partial charge in [0.15, 0.2) is 0 Å². The highest BCUT2D eigenvalue weighted by molar-refractivity contribution is 5.33. The number of hydrogen-bond acceptors (Lipinski definition) is 1. The number of rotatable bonds is 3. The largest absolute Gasteiger partial charge is 0.304 e. The van der Waals surface area contributed by atoms with Crippen LogP contribution in [0.2, 0.25) is 0 Å². The maximum atomic E-state index is 12.5. The van der Waals surface area contributed by atoms with Crippen molar-refractivity contribution in [2.75, 3.05) is 0 Å². The van der Waals surface area contributed by atoms with Gasteiger partial charge in [0, 0.05) is 11.8 Å². The van der Waals surface area contributed by atoms with Crippen LogP contribution in [0.15, 0.2) is 83.8 Å². The minimum atomic E-state index is -0.0974. The molecule has 0 saturated heterocycles. The summed E-state index contributed by atoms with van der Waals surface area (Å²) in [7, 11) is 0. The van der Waals surface area contributed by atoms with E-state index < -0.39 is 0 Å². The fraction of sp³-hybridized carbons (Fsp3) is 0.105. The van der Waals surface area contributed by atoms with Crippen molar-refractivity contribution in [3.8, 4) is 0 Å². The summed E-state index contributed by atoms with van der Waals surface area (Å²) in [5.41, 5.74) is 3.03. The van der Waals surface area contributed by atoms with Gasteiger partial charge in [-0.1, -0.05) is 66.7 Å². The predicted octanol–water partition coefficient (Wildman–Crippen LogP) is 3.79. The highest BCUT2D eigenvalue weighted by atomic mass is 16.1. The fourth-order valence-corrected chi connectivity index (χ4v) is 2.61. The van der Waals surface area contributed by atoms with Gasteiger partial charge in [-0.05, 0) is 24.1 Å². The Morgan fingerprint density at radius 3 is 1.81 bits per heavy atom. The van der Waals surface area contributed by atoms with Crippen LogP contribution in [0.1, 0.15) is 22.7 Å². The van der Waals surface area contributed by atoms with E-state index in [1.165, 1.54) is 0 Å². The first-order valence-corrected chi connectivity index (χ1v) is 7.05. The van der Waals surface area contributed by atoms with E-state index in [2.05, 4.69) is 24.3 Å². The summed E-state index contributed by atoms with van der Waals surface area (Å²) in [6.45, 7) is 1.85. The highest BCUT2D eigenvalue weighted by Gasteiger charge is 2.17. The van der Waals surface area contributed by atoms with Crippen LogP contribution in [0.4, 0.5) is 0 Å². The maximum Gasteiger partial charge on any atom is 0.254 e. The minimum Gasteiger partial charge on any atom is -0.304 e. The van der Waals surface area contributed by atoms with Crippen molar-refractivity contribution < 1.29 is 0 Å². The Balaban J connectivity index is 2.22. The van der Waals surface area contributed by atoms with Gasteiger partial charge >= 0.3 is 0 Å². The summed E-state index contributed by atoms with van der Waals surface area (Å²) < 4.78 is 1.81. The molecule has 0 aliphatic carbocycles. The van der Waals surface area contributed by atoms with Crippen LogP contribution in [0.5, 0.6) is 0 Å². The average Bonchev–Trinajstić information content (AvgIpc) is 2.54. The number of nitrogens with zero attached hydrogens (tertiary/aromatic N) is 1. The van der Waals surface area contributed by atoms with Crippen molar-refractivity contribution in [3.63, 3.8) is 0 Å². The van der Waals surface area contributed by atoms with E-state index in [4.69, 9.17) is 0 Å². The molecular weight excluding hydrogens is 258 g/mol. The summed E-state index contributed by atoms with van der Waals surface area (Å²) in [5, 5.41) is 0.